The minimum atomic E-state index is -0.900. The van der Waals surface area contributed by atoms with Gasteiger partial charge in [-0.1, -0.05) is 0 Å². The van der Waals surface area contributed by atoms with Crippen molar-refractivity contribution in [2.75, 3.05) is 5.32 Å². The molecule has 0 saturated carbocycles. The van der Waals surface area contributed by atoms with Crippen molar-refractivity contribution in [2.24, 2.45) is 0 Å². The monoisotopic (exact) mass is 300 g/mol. The molecule has 6 nitrogen and oxygen atoms in total. The van der Waals surface area contributed by atoms with Crippen LogP contribution in [-0.4, -0.2) is 25.8 Å². The molecule has 0 atom stereocenters. The molecular weight excluding hydrogens is 288 g/mol. The third-order valence-electron chi connectivity index (χ3n) is 2.85. The molecule has 0 aliphatic carbocycles. The van der Waals surface area contributed by atoms with Gasteiger partial charge < -0.3 is 10.4 Å². The highest BCUT2D eigenvalue weighted by atomic mass is 32.1. The topological polar surface area (TPSA) is 80.0 Å². The number of thiophene rings is 1. The van der Waals surface area contributed by atoms with Crippen LogP contribution in [0.1, 0.15) is 15.2 Å². The number of hydrogen-bond donors (Lipinski definition) is 2. The van der Waals surface area contributed by atoms with Crippen LogP contribution >= 0.6 is 11.3 Å². The SMILES string of the molecule is O=C(O)c1csc(CNc2ccc(-n3cccn3)nc2)c1. The number of carbonyl (C=O) groups is 1. The standard InChI is InChI=1S/C14H12N4O2S/c19-14(20)10-6-12(21-9-10)8-15-11-2-3-13(16-7-11)18-5-1-4-17-18/h1-7,9,15H,8H2,(H,19,20). The van der Waals surface area contributed by atoms with E-state index < -0.39 is 5.97 Å². The highest BCUT2D eigenvalue weighted by Gasteiger charge is 2.06. The number of pyridine rings is 1. The van der Waals surface area contributed by atoms with Crippen LogP contribution in [0.4, 0.5) is 5.69 Å². The Labute approximate surface area is 124 Å². The summed E-state index contributed by atoms with van der Waals surface area (Å²) in [5.74, 6) is -0.155. The van der Waals surface area contributed by atoms with Crippen molar-refractivity contribution in [3.05, 3.63) is 58.7 Å². The van der Waals surface area contributed by atoms with Crippen LogP contribution in [0.15, 0.2) is 48.2 Å². The first-order chi connectivity index (χ1) is 10.2. The van der Waals surface area contributed by atoms with E-state index >= 15 is 0 Å². The van der Waals surface area contributed by atoms with E-state index in [9.17, 15) is 4.79 Å². The van der Waals surface area contributed by atoms with Gasteiger partial charge >= 0.3 is 5.97 Å². The van der Waals surface area contributed by atoms with Crippen LogP contribution in [-0.2, 0) is 6.54 Å². The number of carboxylic acids is 1. The summed E-state index contributed by atoms with van der Waals surface area (Å²) in [5, 5.41) is 17.8. The molecule has 0 spiro atoms. The maximum Gasteiger partial charge on any atom is 0.336 e. The molecule has 3 aromatic rings. The molecule has 3 heterocycles. The number of aromatic nitrogens is 3. The fourth-order valence-electron chi connectivity index (χ4n) is 1.81. The van der Waals surface area contributed by atoms with Crippen LogP contribution in [0.25, 0.3) is 5.82 Å². The second-order valence-electron chi connectivity index (χ2n) is 4.32. The Morgan fingerprint density at radius 3 is 2.95 bits per heavy atom. The summed E-state index contributed by atoms with van der Waals surface area (Å²) in [6, 6.07) is 7.29. The van der Waals surface area contributed by atoms with Crippen molar-refractivity contribution < 1.29 is 9.90 Å². The van der Waals surface area contributed by atoms with Crippen LogP contribution in [0, 0.1) is 0 Å². The lowest BCUT2D eigenvalue weighted by Crippen LogP contribution is -2.01. The lowest BCUT2D eigenvalue weighted by Gasteiger charge is -2.05. The minimum absolute atomic E-state index is 0.323. The Kier molecular flexibility index (Phi) is 3.65. The molecule has 3 rings (SSSR count). The molecule has 0 aromatic carbocycles. The number of aromatic carboxylic acids is 1. The molecule has 106 valence electrons. The number of rotatable bonds is 5. The zero-order valence-electron chi connectivity index (χ0n) is 10.9. The van der Waals surface area contributed by atoms with Crippen molar-refractivity contribution in [3.8, 4) is 5.82 Å². The summed E-state index contributed by atoms with van der Waals surface area (Å²) in [4.78, 5) is 16.1. The molecule has 21 heavy (non-hydrogen) atoms. The van der Waals surface area contributed by atoms with Gasteiger partial charge in [0, 0.05) is 29.2 Å². The van der Waals surface area contributed by atoms with Gasteiger partial charge in [-0.3, -0.25) is 0 Å². The average Bonchev–Trinajstić information content (AvgIpc) is 3.17. The van der Waals surface area contributed by atoms with Gasteiger partial charge in [-0.15, -0.1) is 11.3 Å². The minimum Gasteiger partial charge on any atom is -0.478 e. The fourth-order valence-corrected chi connectivity index (χ4v) is 2.60. The Morgan fingerprint density at radius 2 is 2.33 bits per heavy atom. The highest BCUT2D eigenvalue weighted by Crippen LogP contribution is 2.17. The van der Waals surface area contributed by atoms with Crippen molar-refractivity contribution in [2.45, 2.75) is 6.54 Å². The summed E-state index contributed by atoms with van der Waals surface area (Å²) in [6.45, 7) is 0.570. The number of anilines is 1. The van der Waals surface area contributed by atoms with Crippen molar-refractivity contribution in [1.29, 1.82) is 0 Å². The van der Waals surface area contributed by atoms with Gasteiger partial charge in [-0.2, -0.15) is 5.10 Å². The Balaban J connectivity index is 1.64. The maximum atomic E-state index is 10.8. The van der Waals surface area contributed by atoms with E-state index in [1.54, 1.807) is 28.5 Å². The summed E-state index contributed by atoms with van der Waals surface area (Å²) >= 11 is 1.42. The first-order valence-electron chi connectivity index (χ1n) is 6.23. The molecule has 0 aliphatic heterocycles. The maximum absolute atomic E-state index is 10.8. The molecule has 0 amide bonds. The van der Waals surface area contributed by atoms with Gasteiger partial charge in [0.1, 0.15) is 0 Å². The smallest absolute Gasteiger partial charge is 0.336 e. The van der Waals surface area contributed by atoms with Crippen molar-refractivity contribution in [3.63, 3.8) is 0 Å². The van der Waals surface area contributed by atoms with Gasteiger partial charge in [-0.25, -0.2) is 14.5 Å². The molecule has 0 bridgehead atoms. The summed E-state index contributed by atoms with van der Waals surface area (Å²) in [5.41, 5.74) is 1.19. The second kappa shape index (κ2) is 5.76. The van der Waals surface area contributed by atoms with Crippen molar-refractivity contribution in [1.82, 2.24) is 14.8 Å². The van der Waals surface area contributed by atoms with E-state index in [4.69, 9.17) is 5.11 Å². The van der Waals surface area contributed by atoms with Gasteiger partial charge in [-0.05, 0) is 24.3 Å². The molecule has 2 N–H and O–H groups in total. The Bertz CT molecular complexity index is 735. The third kappa shape index (κ3) is 3.09. The predicted molar refractivity (Wildman–Crippen MR) is 80.0 cm³/mol. The average molecular weight is 300 g/mol. The van der Waals surface area contributed by atoms with E-state index in [0.717, 1.165) is 16.4 Å². The number of carboxylic acid groups (broad SMARTS) is 1. The van der Waals surface area contributed by atoms with Crippen LogP contribution < -0.4 is 5.32 Å². The summed E-state index contributed by atoms with van der Waals surface area (Å²) in [7, 11) is 0. The Hall–Kier alpha value is -2.67. The first-order valence-corrected chi connectivity index (χ1v) is 7.11. The fraction of sp³-hybridized carbons (Fsp3) is 0.0714. The van der Waals surface area contributed by atoms with Gasteiger partial charge in [0.25, 0.3) is 0 Å². The lowest BCUT2D eigenvalue weighted by molar-refractivity contribution is 0.0697. The zero-order valence-corrected chi connectivity index (χ0v) is 11.7. The molecule has 0 fully saturated rings. The predicted octanol–water partition coefficient (Wildman–Crippen LogP) is 2.64. The highest BCUT2D eigenvalue weighted by molar-refractivity contribution is 7.10. The lowest BCUT2D eigenvalue weighted by atomic mass is 10.3. The third-order valence-corrected chi connectivity index (χ3v) is 3.79. The van der Waals surface area contributed by atoms with Crippen LogP contribution in [0.2, 0.25) is 0 Å². The van der Waals surface area contributed by atoms with E-state index in [2.05, 4.69) is 15.4 Å². The second-order valence-corrected chi connectivity index (χ2v) is 5.31. The molecule has 0 unspecified atom stereocenters. The van der Waals surface area contributed by atoms with Gasteiger partial charge in [0.15, 0.2) is 5.82 Å². The summed E-state index contributed by atoms with van der Waals surface area (Å²) < 4.78 is 1.68. The molecule has 7 heteroatoms. The van der Waals surface area contributed by atoms with Crippen LogP contribution in [0.3, 0.4) is 0 Å². The molecule has 0 radical (unpaired) electrons. The molecular formula is C14H12N4O2S. The number of nitrogens with zero attached hydrogens (tertiary/aromatic N) is 3. The number of nitrogens with one attached hydrogen (secondary N) is 1. The molecule has 3 aromatic heterocycles. The molecule has 0 aliphatic rings. The summed E-state index contributed by atoms with van der Waals surface area (Å²) in [6.07, 6.45) is 5.25. The van der Waals surface area contributed by atoms with Gasteiger partial charge in [0.05, 0.1) is 17.4 Å². The van der Waals surface area contributed by atoms with E-state index in [1.807, 2.05) is 24.4 Å². The quantitative estimate of drug-likeness (QED) is 0.757. The largest absolute Gasteiger partial charge is 0.478 e. The van der Waals surface area contributed by atoms with E-state index in [-0.39, 0.29) is 0 Å². The normalized spacial score (nSPS) is 10.5. The van der Waals surface area contributed by atoms with Gasteiger partial charge in [0.2, 0.25) is 0 Å². The zero-order chi connectivity index (χ0) is 14.7. The first kappa shape index (κ1) is 13.3. The van der Waals surface area contributed by atoms with Crippen LogP contribution in [0.5, 0.6) is 0 Å². The molecule has 0 saturated heterocycles. The van der Waals surface area contributed by atoms with Crippen molar-refractivity contribution >= 4 is 23.0 Å². The Morgan fingerprint density at radius 1 is 1.43 bits per heavy atom. The van der Waals surface area contributed by atoms with E-state index in [0.29, 0.717) is 12.1 Å². The number of hydrogen-bond acceptors (Lipinski definition) is 5. The van der Waals surface area contributed by atoms with E-state index in [1.165, 1.54) is 11.3 Å².